The second kappa shape index (κ2) is 11.0. The number of fused-ring (bicyclic) bond motifs is 5. The van der Waals surface area contributed by atoms with Crippen LogP contribution in [0.25, 0.3) is 11.8 Å². The summed E-state index contributed by atoms with van der Waals surface area (Å²) in [5.41, 5.74) is 6.42. The summed E-state index contributed by atoms with van der Waals surface area (Å²) in [6.45, 7) is 2.59. The molecule has 1 aliphatic carbocycles. The van der Waals surface area contributed by atoms with Crippen molar-refractivity contribution < 1.29 is 23.7 Å². The maximum atomic E-state index is 6.61. The van der Waals surface area contributed by atoms with Gasteiger partial charge in [0, 0.05) is 23.4 Å². The van der Waals surface area contributed by atoms with Crippen LogP contribution in [0, 0.1) is 5.92 Å². The van der Waals surface area contributed by atoms with E-state index in [0.29, 0.717) is 25.9 Å². The van der Waals surface area contributed by atoms with E-state index in [1.165, 1.54) is 53.6 Å². The normalized spacial score (nSPS) is 19.0. The molecule has 40 heavy (non-hydrogen) atoms. The van der Waals surface area contributed by atoms with Gasteiger partial charge in [-0.15, -0.1) is 0 Å². The van der Waals surface area contributed by atoms with Crippen molar-refractivity contribution in [2.45, 2.75) is 51.0 Å². The molecule has 3 heterocycles. The van der Waals surface area contributed by atoms with Crippen LogP contribution in [-0.4, -0.2) is 38.6 Å². The molecule has 0 N–H and O–H groups in total. The van der Waals surface area contributed by atoms with Crippen molar-refractivity contribution in [3.8, 4) is 28.7 Å². The highest BCUT2D eigenvalue weighted by Crippen LogP contribution is 2.54. The lowest BCUT2D eigenvalue weighted by Gasteiger charge is -2.46. The van der Waals surface area contributed by atoms with E-state index >= 15 is 0 Å². The van der Waals surface area contributed by atoms with Crippen LogP contribution in [0.1, 0.15) is 66.8 Å². The van der Waals surface area contributed by atoms with Gasteiger partial charge in [0.25, 0.3) is 0 Å². The van der Waals surface area contributed by atoms with E-state index in [1.54, 1.807) is 7.11 Å². The molecule has 0 spiro atoms. The maximum Gasteiger partial charge on any atom is 0.231 e. The molecule has 4 aliphatic rings. The van der Waals surface area contributed by atoms with Crippen LogP contribution in [0.5, 0.6) is 28.7 Å². The summed E-state index contributed by atoms with van der Waals surface area (Å²) in [7, 11) is 1.75. The van der Waals surface area contributed by atoms with Crippen molar-refractivity contribution in [3.63, 3.8) is 0 Å². The summed E-state index contributed by atoms with van der Waals surface area (Å²) in [4.78, 5) is 2.64. The third kappa shape index (κ3) is 4.63. The lowest BCUT2D eigenvalue weighted by atomic mass is 9.80. The van der Waals surface area contributed by atoms with Crippen molar-refractivity contribution in [3.05, 3.63) is 76.9 Å². The molecule has 0 saturated heterocycles. The highest BCUT2D eigenvalue weighted by molar-refractivity contribution is 5.88. The Morgan fingerprint density at radius 3 is 2.48 bits per heavy atom. The zero-order valence-corrected chi connectivity index (χ0v) is 23.2. The Balaban J connectivity index is 1.18. The topological polar surface area (TPSA) is 49.4 Å². The number of para-hydroxylation sites is 1. The molecule has 3 aromatic carbocycles. The minimum Gasteiger partial charge on any atom is -0.494 e. The van der Waals surface area contributed by atoms with Gasteiger partial charge >= 0.3 is 0 Å². The van der Waals surface area contributed by atoms with E-state index in [2.05, 4.69) is 35.2 Å². The summed E-state index contributed by atoms with van der Waals surface area (Å²) in [6.07, 6.45) is 10.3. The molecule has 1 fully saturated rings. The van der Waals surface area contributed by atoms with Gasteiger partial charge in [0.1, 0.15) is 5.75 Å². The molecule has 6 heteroatoms. The van der Waals surface area contributed by atoms with Crippen LogP contribution in [0.4, 0.5) is 0 Å². The van der Waals surface area contributed by atoms with Crippen LogP contribution in [-0.2, 0) is 6.42 Å². The Morgan fingerprint density at radius 2 is 1.68 bits per heavy atom. The van der Waals surface area contributed by atoms with Gasteiger partial charge in [0.2, 0.25) is 6.79 Å². The highest BCUT2D eigenvalue weighted by Gasteiger charge is 2.41. The molecule has 0 radical (unpaired) electrons. The third-order valence-electron chi connectivity index (χ3n) is 8.79. The van der Waals surface area contributed by atoms with E-state index < -0.39 is 0 Å². The fourth-order valence-corrected chi connectivity index (χ4v) is 6.88. The van der Waals surface area contributed by atoms with Crippen LogP contribution in [0.2, 0.25) is 0 Å². The van der Waals surface area contributed by atoms with Crippen molar-refractivity contribution in [1.82, 2.24) is 4.90 Å². The van der Waals surface area contributed by atoms with Gasteiger partial charge in [-0.05, 0) is 85.6 Å². The smallest absolute Gasteiger partial charge is 0.231 e. The average molecular weight is 540 g/mol. The number of benzene rings is 3. The van der Waals surface area contributed by atoms with Crippen LogP contribution < -0.4 is 23.7 Å². The number of methoxy groups -OCH3 is 1. The molecule has 3 aliphatic heterocycles. The van der Waals surface area contributed by atoms with Gasteiger partial charge in [-0.3, -0.25) is 0 Å². The highest BCUT2D eigenvalue weighted by atomic mass is 16.7. The van der Waals surface area contributed by atoms with Gasteiger partial charge in [0.05, 0.1) is 26.4 Å². The average Bonchev–Trinajstić information content (AvgIpc) is 3.69. The Kier molecular flexibility index (Phi) is 6.92. The van der Waals surface area contributed by atoms with Crippen molar-refractivity contribution in [2.75, 3.05) is 33.7 Å². The van der Waals surface area contributed by atoms with E-state index in [9.17, 15) is 0 Å². The van der Waals surface area contributed by atoms with Crippen LogP contribution in [0.15, 0.2) is 54.6 Å². The first kappa shape index (κ1) is 25.2. The summed E-state index contributed by atoms with van der Waals surface area (Å²) < 4.78 is 29.8. The number of hydrogen-bond acceptors (Lipinski definition) is 6. The standard InChI is InChI=1S/C34H37NO5/c1-36-29-14-13-25-19-28-27-21-31-30(39-22-40-31)20-24(27)15-16-35(28)33(23-9-5-6-10-23)32(25)34(29)38-18-8-7-17-37-26-11-3-2-4-12-26/h2-4,11-14,19-21,23,33H,5-10,15-18,22H2,1H3. The van der Waals surface area contributed by atoms with Gasteiger partial charge in [-0.25, -0.2) is 0 Å². The van der Waals surface area contributed by atoms with E-state index in [-0.39, 0.29) is 6.04 Å². The fraction of sp³-hybridized carbons (Fsp3) is 0.412. The molecular weight excluding hydrogens is 502 g/mol. The number of ether oxygens (including phenoxy) is 5. The maximum absolute atomic E-state index is 6.61. The van der Waals surface area contributed by atoms with Gasteiger partial charge in [-0.1, -0.05) is 37.1 Å². The first-order chi connectivity index (χ1) is 19.8. The minimum atomic E-state index is 0.266. The fourth-order valence-electron chi connectivity index (χ4n) is 6.88. The Bertz CT molecular complexity index is 1400. The molecule has 1 unspecified atom stereocenters. The molecule has 3 aromatic rings. The van der Waals surface area contributed by atoms with Crippen LogP contribution in [0.3, 0.4) is 0 Å². The molecular formula is C34H37NO5. The quantitative estimate of drug-likeness (QED) is 0.267. The van der Waals surface area contributed by atoms with E-state index in [1.807, 2.05) is 30.3 Å². The molecule has 0 aromatic heterocycles. The largest absolute Gasteiger partial charge is 0.494 e. The molecule has 208 valence electrons. The predicted octanol–water partition coefficient (Wildman–Crippen LogP) is 7.26. The van der Waals surface area contributed by atoms with Crippen LogP contribution >= 0.6 is 0 Å². The number of hydrogen-bond donors (Lipinski definition) is 0. The summed E-state index contributed by atoms with van der Waals surface area (Å²) in [5.74, 6) is 4.95. The van der Waals surface area contributed by atoms with Crippen molar-refractivity contribution in [2.24, 2.45) is 5.92 Å². The van der Waals surface area contributed by atoms with Crippen molar-refractivity contribution in [1.29, 1.82) is 0 Å². The number of nitrogens with zero attached hydrogens (tertiary/aromatic N) is 1. The van der Waals surface area contributed by atoms with Gasteiger partial charge in [0.15, 0.2) is 23.0 Å². The second-order valence-corrected chi connectivity index (χ2v) is 11.1. The summed E-state index contributed by atoms with van der Waals surface area (Å²) in [5, 5.41) is 0. The zero-order chi connectivity index (χ0) is 26.9. The van der Waals surface area contributed by atoms with Gasteiger partial charge < -0.3 is 28.6 Å². The first-order valence-electron chi connectivity index (χ1n) is 14.7. The Morgan fingerprint density at radius 1 is 0.900 bits per heavy atom. The monoisotopic (exact) mass is 539 g/mol. The van der Waals surface area contributed by atoms with Gasteiger partial charge in [-0.2, -0.15) is 0 Å². The SMILES string of the molecule is COc1ccc2c(c1OCCCCOc1ccccc1)C(C1CCCC1)N1CCc3cc4c(cc3C1=C2)OCO4. The summed E-state index contributed by atoms with van der Waals surface area (Å²) >= 11 is 0. The molecule has 1 atom stereocenters. The first-order valence-corrected chi connectivity index (χ1v) is 14.7. The number of unbranched alkanes of at least 4 members (excludes halogenated alkanes) is 1. The third-order valence-corrected chi connectivity index (χ3v) is 8.79. The molecule has 7 rings (SSSR count). The Labute approximate surface area is 236 Å². The zero-order valence-electron chi connectivity index (χ0n) is 23.2. The molecule has 0 bridgehead atoms. The predicted molar refractivity (Wildman–Crippen MR) is 155 cm³/mol. The van der Waals surface area contributed by atoms with E-state index in [0.717, 1.165) is 54.6 Å². The number of rotatable bonds is 9. The van der Waals surface area contributed by atoms with E-state index in [4.69, 9.17) is 23.7 Å². The summed E-state index contributed by atoms with van der Waals surface area (Å²) in [6, 6.07) is 18.9. The van der Waals surface area contributed by atoms with Crippen molar-refractivity contribution >= 4 is 11.8 Å². The second-order valence-electron chi connectivity index (χ2n) is 11.1. The lowest BCUT2D eigenvalue weighted by molar-refractivity contribution is 0.174. The molecule has 1 saturated carbocycles. The Hall–Kier alpha value is -3.80. The minimum absolute atomic E-state index is 0.266. The lowest BCUT2D eigenvalue weighted by Crippen LogP contribution is -2.39. The molecule has 6 nitrogen and oxygen atoms in total. The molecule has 0 amide bonds.